The number of fused-ring (bicyclic) bond motifs is 1. The molecule has 1 saturated heterocycles. The summed E-state index contributed by atoms with van der Waals surface area (Å²) in [4.78, 5) is 11.3. The average Bonchev–Trinajstić information content (AvgIpc) is 3.06. The highest BCUT2D eigenvalue weighted by Crippen LogP contribution is 2.29. The summed E-state index contributed by atoms with van der Waals surface area (Å²) in [7, 11) is 0. The van der Waals surface area contributed by atoms with E-state index in [1.165, 1.54) is 12.8 Å². The van der Waals surface area contributed by atoms with Crippen LogP contribution in [0.3, 0.4) is 0 Å². The van der Waals surface area contributed by atoms with Crippen LogP contribution >= 0.6 is 11.6 Å². The second-order valence-corrected chi connectivity index (χ2v) is 7.44. The molecule has 2 fully saturated rings. The second kappa shape index (κ2) is 8.08. The minimum atomic E-state index is 0.0799. The Labute approximate surface area is 158 Å². The molecule has 7 nitrogen and oxygen atoms in total. The van der Waals surface area contributed by atoms with Crippen molar-refractivity contribution in [1.29, 1.82) is 0 Å². The molecule has 142 valence electrons. The molecule has 0 atom stereocenters. The number of aliphatic hydroxyl groups is 1. The van der Waals surface area contributed by atoms with E-state index in [0.29, 0.717) is 18.6 Å². The van der Waals surface area contributed by atoms with Crippen LogP contribution in [0.25, 0.3) is 11.0 Å². The van der Waals surface area contributed by atoms with E-state index in [-0.39, 0.29) is 11.9 Å². The van der Waals surface area contributed by atoms with E-state index >= 15 is 0 Å². The molecule has 0 radical (unpaired) electrons. The lowest BCUT2D eigenvalue weighted by Gasteiger charge is -2.39. The van der Waals surface area contributed by atoms with Crippen LogP contribution in [0.2, 0.25) is 5.28 Å². The second-order valence-electron chi connectivity index (χ2n) is 7.11. The lowest BCUT2D eigenvalue weighted by atomic mass is 9.90. The van der Waals surface area contributed by atoms with Gasteiger partial charge in [-0.25, -0.2) is 4.98 Å². The first-order valence-electron chi connectivity index (χ1n) is 9.46. The molecule has 3 heterocycles. The minimum Gasteiger partial charge on any atom is -0.395 e. The van der Waals surface area contributed by atoms with Gasteiger partial charge in [0.25, 0.3) is 0 Å². The molecule has 4 rings (SSSR count). The van der Waals surface area contributed by atoms with Gasteiger partial charge in [-0.15, -0.1) is 0 Å². The fourth-order valence-corrected chi connectivity index (χ4v) is 4.37. The zero-order valence-corrected chi connectivity index (χ0v) is 15.7. The molecular formula is C18H26ClN5O2. The molecule has 1 saturated carbocycles. The summed E-state index contributed by atoms with van der Waals surface area (Å²) in [5.74, 6) is 0.772. The van der Waals surface area contributed by atoms with Crippen LogP contribution in [0.1, 0.15) is 25.7 Å². The quantitative estimate of drug-likeness (QED) is 0.775. The van der Waals surface area contributed by atoms with E-state index in [4.69, 9.17) is 16.3 Å². The van der Waals surface area contributed by atoms with E-state index in [9.17, 15) is 5.11 Å². The Morgan fingerprint density at radius 3 is 2.69 bits per heavy atom. The zero-order valence-electron chi connectivity index (χ0n) is 14.9. The monoisotopic (exact) mass is 379 g/mol. The molecule has 0 unspecified atom stereocenters. The number of hydrogen-bond donors (Lipinski definition) is 2. The molecular weight excluding hydrogens is 354 g/mol. The summed E-state index contributed by atoms with van der Waals surface area (Å²) in [6.07, 6.45) is 6.54. The maximum atomic E-state index is 9.30. The van der Waals surface area contributed by atoms with Gasteiger partial charge < -0.3 is 19.7 Å². The van der Waals surface area contributed by atoms with Gasteiger partial charge >= 0.3 is 0 Å². The highest BCUT2D eigenvalue weighted by atomic mass is 35.5. The predicted molar refractivity (Wildman–Crippen MR) is 102 cm³/mol. The third-order valence-electron chi connectivity index (χ3n) is 5.52. The number of hydrogen-bond acceptors (Lipinski definition) is 6. The van der Waals surface area contributed by atoms with Gasteiger partial charge in [0.15, 0.2) is 5.82 Å². The molecule has 0 spiro atoms. The Kier molecular flexibility index (Phi) is 5.59. The first-order chi connectivity index (χ1) is 12.7. The van der Waals surface area contributed by atoms with E-state index in [0.717, 1.165) is 56.0 Å². The van der Waals surface area contributed by atoms with Crippen molar-refractivity contribution in [3.8, 4) is 0 Å². The first kappa shape index (κ1) is 18.0. The van der Waals surface area contributed by atoms with Crippen molar-refractivity contribution in [2.75, 3.05) is 38.2 Å². The van der Waals surface area contributed by atoms with Gasteiger partial charge in [0.1, 0.15) is 5.52 Å². The molecule has 1 aliphatic heterocycles. The van der Waals surface area contributed by atoms with Crippen molar-refractivity contribution in [1.82, 2.24) is 19.4 Å². The summed E-state index contributed by atoms with van der Waals surface area (Å²) in [5.41, 5.74) is 1.72. The number of anilines is 1. The fraction of sp³-hybridized carbons (Fsp3) is 0.667. The summed E-state index contributed by atoms with van der Waals surface area (Å²) in [5, 5.41) is 13.1. The van der Waals surface area contributed by atoms with Crippen LogP contribution in [-0.4, -0.2) is 69.5 Å². The molecule has 8 heteroatoms. The normalized spacial score (nSPS) is 24.8. The van der Waals surface area contributed by atoms with Crippen LogP contribution in [0, 0.1) is 0 Å². The van der Waals surface area contributed by atoms with Gasteiger partial charge in [-0.05, 0) is 43.4 Å². The number of ether oxygens (including phenoxy) is 1. The summed E-state index contributed by atoms with van der Waals surface area (Å²) in [6.45, 7) is 4.43. The first-order valence-corrected chi connectivity index (χ1v) is 9.84. The zero-order chi connectivity index (χ0) is 17.9. The highest BCUT2D eigenvalue weighted by molar-refractivity contribution is 6.28. The molecule has 0 aromatic carbocycles. The van der Waals surface area contributed by atoms with Crippen LogP contribution in [0.15, 0.2) is 12.3 Å². The third kappa shape index (κ3) is 3.81. The van der Waals surface area contributed by atoms with Gasteiger partial charge in [-0.3, -0.25) is 4.90 Å². The van der Waals surface area contributed by atoms with Crippen LogP contribution < -0.4 is 5.32 Å². The number of aromatic nitrogens is 3. The SMILES string of the molecule is OCCn1ccc2nc(Cl)nc(NC3CCC(N4CCOCC4)CC3)c21. The van der Waals surface area contributed by atoms with E-state index in [1.807, 2.05) is 16.8 Å². The minimum absolute atomic E-state index is 0.0799. The maximum absolute atomic E-state index is 9.30. The number of rotatable bonds is 5. The Morgan fingerprint density at radius 1 is 1.19 bits per heavy atom. The molecule has 2 N–H and O–H groups in total. The van der Waals surface area contributed by atoms with Crippen molar-refractivity contribution in [3.05, 3.63) is 17.5 Å². The van der Waals surface area contributed by atoms with Crippen molar-refractivity contribution in [2.24, 2.45) is 0 Å². The van der Waals surface area contributed by atoms with Gasteiger partial charge in [-0.1, -0.05) is 0 Å². The molecule has 2 aliphatic rings. The number of nitrogens with zero attached hydrogens (tertiary/aromatic N) is 4. The molecule has 2 aromatic heterocycles. The highest BCUT2D eigenvalue weighted by Gasteiger charge is 2.27. The standard InChI is InChI=1S/C18H26ClN5O2/c19-18-21-15-5-6-24(7-10-25)16(15)17(22-18)20-13-1-3-14(4-2-13)23-8-11-26-12-9-23/h5-6,13-14,25H,1-4,7-12H2,(H,20,21,22). The van der Waals surface area contributed by atoms with Gasteiger partial charge in [0.05, 0.1) is 25.3 Å². The lowest BCUT2D eigenvalue weighted by Crippen LogP contribution is -2.46. The molecule has 0 bridgehead atoms. The fourth-order valence-electron chi connectivity index (χ4n) is 4.19. The van der Waals surface area contributed by atoms with Gasteiger partial charge in [0, 0.05) is 37.9 Å². The van der Waals surface area contributed by atoms with E-state index in [2.05, 4.69) is 20.2 Å². The predicted octanol–water partition coefficient (Wildman–Crippen LogP) is 2.13. The number of halogens is 1. The summed E-state index contributed by atoms with van der Waals surface area (Å²) >= 11 is 6.11. The molecule has 2 aromatic rings. The van der Waals surface area contributed by atoms with Crippen LogP contribution in [-0.2, 0) is 11.3 Å². The van der Waals surface area contributed by atoms with E-state index < -0.39 is 0 Å². The molecule has 1 aliphatic carbocycles. The largest absolute Gasteiger partial charge is 0.395 e. The average molecular weight is 380 g/mol. The van der Waals surface area contributed by atoms with Crippen molar-refractivity contribution < 1.29 is 9.84 Å². The third-order valence-corrected chi connectivity index (χ3v) is 5.69. The van der Waals surface area contributed by atoms with Crippen LogP contribution in [0.5, 0.6) is 0 Å². The topological polar surface area (TPSA) is 75.4 Å². The molecule has 0 amide bonds. The Balaban J connectivity index is 1.45. The Hall–Kier alpha value is -1.41. The van der Waals surface area contributed by atoms with Gasteiger partial charge in [0.2, 0.25) is 5.28 Å². The molecule has 26 heavy (non-hydrogen) atoms. The van der Waals surface area contributed by atoms with E-state index in [1.54, 1.807) is 0 Å². The van der Waals surface area contributed by atoms with Crippen LogP contribution in [0.4, 0.5) is 5.82 Å². The smallest absolute Gasteiger partial charge is 0.225 e. The Bertz CT molecular complexity index is 739. The number of nitrogens with one attached hydrogen (secondary N) is 1. The summed E-state index contributed by atoms with van der Waals surface area (Å²) in [6, 6.07) is 2.97. The maximum Gasteiger partial charge on any atom is 0.225 e. The number of morpholine rings is 1. The lowest BCUT2D eigenvalue weighted by molar-refractivity contribution is 0.00791. The van der Waals surface area contributed by atoms with Crippen molar-refractivity contribution in [3.63, 3.8) is 0 Å². The Morgan fingerprint density at radius 2 is 1.96 bits per heavy atom. The van der Waals surface area contributed by atoms with Crippen molar-refractivity contribution in [2.45, 2.75) is 44.3 Å². The van der Waals surface area contributed by atoms with Crippen molar-refractivity contribution >= 4 is 28.5 Å². The van der Waals surface area contributed by atoms with Gasteiger partial charge in [-0.2, -0.15) is 4.98 Å². The summed E-state index contributed by atoms with van der Waals surface area (Å²) < 4.78 is 7.44. The number of aliphatic hydroxyl groups excluding tert-OH is 1.